The maximum atomic E-state index is 12.2. The Morgan fingerprint density at radius 2 is 1.81 bits per heavy atom. The molecule has 0 saturated carbocycles. The van der Waals surface area contributed by atoms with E-state index < -0.39 is 6.04 Å². The quantitative estimate of drug-likeness (QED) is 0.807. The standard InChI is InChI=1S/C16H24N2O3/c1-5-10-17-16(20)14(11(2)3)18-15(19)12-6-8-13(21-4)9-7-12/h6-9,11,14H,5,10H2,1-4H3,(H,17,20)(H,18,19)/t14-/m1/s1. The fourth-order valence-corrected chi connectivity index (χ4v) is 1.86. The summed E-state index contributed by atoms with van der Waals surface area (Å²) in [5, 5.41) is 5.60. The number of carbonyl (C=O) groups is 2. The highest BCUT2D eigenvalue weighted by Crippen LogP contribution is 2.12. The van der Waals surface area contributed by atoms with Gasteiger partial charge in [-0.2, -0.15) is 0 Å². The van der Waals surface area contributed by atoms with Crippen LogP contribution in [-0.2, 0) is 4.79 Å². The molecule has 0 fully saturated rings. The minimum atomic E-state index is -0.536. The van der Waals surface area contributed by atoms with Crippen molar-refractivity contribution < 1.29 is 14.3 Å². The highest BCUT2D eigenvalue weighted by molar-refractivity contribution is 5.97. The number of carbonyl (C=O) groups excluding carboxylic acids is 2. The van der Waals surface area contributed by atoms with Crippen LogP contribution in [0.4, 0.5) is 0 Å². The summed E-state index contributed by atoms with van der Waals surface area (Å²) >= 11 is 0. The predicted molar refractivity (Wildman–Crippen MR) is 82.4 cm³/mol. The molecule has 1 aromatic rings. The molecule has 0 unspecified atom stereocenters. The number of rotatable bonds is 7. The van der Waals surface area contributed by atoms with Gasteiger partial charge in [-0.25, -0.2) is 0 Å². The number of ether oxygens (including phenoxy) is 1. The lowest BCUT2D eigenvalue weighted by Crippen LogP contribution is -2.49. The third-order valence-corrected chi connectivity index (χ3v) is 3.14. The molecule has 0 radical (unpaired) electrons. The van der Waals surface area contributed by atoms with Gasteiger partial charge in [0.1, 0.15) is 11.8 Å². The molecule has 0 spiro atoms. The van der Waals surface area contributed by atoms with Crippen molar-refractivity contribution in [2.24, 2.45) is 5.92 Å². The van der Waals surface area contributed by atoms with Gasteiger partial charge in [0.05, 0.1) is 7.11 Å². The number of amides is 2. The summed E-state index contributed by atoms with van der Waals surface area (Å²) in [6, 6.07) is 6.25. The molecule has 2 N–H and O–H groups in total. The minimum absolute atomic E-state index is 0.0176. The van der Waals surface area contributed by atoms with E-state index in [-0.39, 0.29) is 17.7 Å². The summed E-state index contributed by atoms with van der Waals surface area (Å²) in [7, 11) is 1.57. The zero-order valence-electron chi connectivity index (χ0n) is 13.1. The van der Waals surface area contributed by atoms with E-state index in [4.69, 9.17) is 4.74 Å². The maximum Gasteiger partial charge on any atom is 0.251 e. The molecule has 1 atom stereocenters. The summed E-state index contributed by atoms with van der Waals surface area (Å²) in [5.74, 6) is 0.299. The molecule has 0 bridgehead atoms. The van der Waals surface area contributed by atoms with Gasteiger partial charge in [-0.3, -0.25) is 9.59 Å². The number of benzene rings is 1. The summed E-state index contributed by atoms with van der Waals surface area (Å²) < 4.78 is 5.05. The first-order valence-corrected chi connectivity index (χ1v) is 7.22. The zero-order chi connectivity index (χ0) is 15.8. The molecule has 1 aromatic carbocycles. The average molecular weight is 292 g/mol. The second-order valence-electron chi connectivity index (χ2n) is 5.21. The Bertz CT molecular complexity index is 469. The normalized spacial score (nSPS) is 11.9. The Hall–Kier alpha value is -2.04. The smallest absolute Gasteiger partial charge is 0.251 e. The topological polar surface area (TPSA) is 67.4 Å². The number of hydrogen-bond acceptors (Lipinski definition) is 3. The summed E-state index contributed by atoms with van der Waals surface area (Å²) in [6.45, 7) is 6.41. The third kappa shape index (κ3) is 5.10. The highest BCUT2D eigenvalue weighted by atomic mass is 16.5. The molecule has 116 valence electrons. The van der Waals surface area contributed by atoms with Gasteiger partial charge in [-0.1, -0.05) is 20.8 Å². The first-order valence-electron chi connectivity index (χ1n) is 7.22. The van der Waals surface area contributed by atoms with Crippen LogP contribution >= 0.6 is 0 Å². The molecule has 0 saturated heterocycles. The third-order valence-electron chi connectivity index (χ3n) is 3.14. The monoisotopic (exact) mass is 292 g/mol. The molecule has 0 aliphatic rings. The summed E-state index contributed by atoms with van der Waals surface area (Å²) in [5.41, 5.74) is 0.504. The Balaban J connectivity index is 2.73. The van der Waals surface area contributed by atoms with Gasteiger partial charge in [-0.05, 0) is 36.6 Å². The molecule has 0 heterocycles. The van der Waals surface area contributed by atoms with E-state index in [1.165, 1.54) is 0 Å². The SMILES string of the molecule is CCCNC(=O)[C@H](NC(=O)c1ccc(OC)cc1)C(C)C. The average Bonchev–Trinajstić information content (AvgIpc) is 2.49. The highest BCUT2D eigenvalue weighted by Gasteiger charge is 2.24. The fourth-order valence-electron chi connectivity index (χ4n) is 1.86. The van der Waals surface area contributed by atoms with Gasteiger partial charge in [-0.15, -0.1) is 0 Å². The Kier molecular flexibility index (Phi) is 6.72. The van der Waals surface area contributed by atoms with Crippen molar-refractivity contribution in [3.8, 4) is 5.75 Å². The molecular formula is C16H24N2O3. The lowest BCUT2D eigenvalue weighted by Gasteiger charge is -2.21. The molecule has 0 aliphatic heterocycles. The summed E-state index contributed by atoms with van der Waals surface area (Å²) in [4.78, 5) is 24.3. The van der Waals surface area contributed by atoms with Crippen molar-refractivity contribution in [3.05, 3.63) is 29.8 Å². The molecule has 5 heteroatoms. The minimum Gasteiger partial charge on any atom is -0.497 e. The van der Waals surface area contributed by atoms with Crippen molar-refractivity contribution in [1.82, 2.24) is 10.6 Å². The molecule has 0 aromatic heterocycles. The van der Waals surface area contributed by atoms with E-state index in [0.29, 0.717) is 17.9 Å². The second-order valence-corrected chi connectivity index (χ2v) is 5.21. The van der Waals surface area contributed by atoms with Crippen LogP contribution in [0.25, 0.3) is 0 Å². The Morgan fingerprint density at radius 1 is 1.19 bits per heavy atom. The molecule has 21 heavy (non-hydrogen) atoms. The number of nitrogens with one attached hydrogen (secondary N) is 2. The van der Waals surface area contributed by atoms with E-state index >= 15 is 0 Å². The van der Waals surface area contributed by atoms with Crippen molar-refractivity contribution in [2.75, 3.05) is 13.7 Å². The first-order chi connectivity index (χ1) is 9.99. The molecule has 2 amide bonds. The van der Waals surface area contributed by atoms with Crippen LogP contribution in [0.5, 0.6) is 5.75 Å². The van der Waals surface area contributed by atoms with Crippen LogP contribution in [-0.4, -0.2) is 31.5 Å². The zero-order valence-corrected chi connectivity index (χ0v) is 13.1. The van der Waals surface area contributed by atoms with Gasteiger partial charge in [0.15, 0.2) is 0 Å². The summed E-state index contributed by atoms with van der Waals surface area (Å²) in [6.07, 6.45) is 0.864. The van der Waals surface area contributed by atoms with E-state index in [1.807, 2.05) is 20.8 Å². The van der Waals surface area contributed by atoms with E-state index in [1.54, 1.807) is 31.4 Å². The van der Waals surface area contributed by atoms with Crippen LogP contribution in [0.3, 0.4) is 0 Å². The lowest BCUT2D eigenvalue weighted by molar-refractivity contribution is -0.123. The van der Waals surface area contributed by atoms with Crippen LogP contribution in [0.15, 0.2) is 24.3 Å². The molecule has 1 rings (SSSR count). The van der Waals surface area contributed by atoms with Gasteiger partial charge >= 0.3 is 0 Å². The van der Waals surface area contributed by atoms with Gasteiger partial charge in [0, 0.05) is 12.1 Å². The Morgan fingerprint density at radius 3 is 2.29 bits per heavy atom. The van der Waals surface area contributed by atoms with Gasteiger partial charge < -0.3 is 15.4 Å². The largest absolute Gasteiger partial charge is 0.497 e. The molecular weight excluding hydrogens is 268 g/mol. The van der Waals surface area contributed by atoms with E-state index in [9.17, 15) is 9.59 Å². The van der Waals surface area contributed by atoms with E-state index in [2.05, 4.69) is 10.6 Å². The van der Waals surface area contributed by atoms with Crippen molar-refractivity contribution in [3.63, 3.8) is 0 Å². The molecule has 0 aliphatic carbocycles. The van der Waals surface area contributed by atoms with Gasteiger partial charge in [0.25, 0.3) is 5.91 Å². The van der Waals surface area contributed by atoms with E-state index in [0.717, 1.165) is 6.42 Å². The fraction of sp³-hybridized carbons (Fsp3) is 0.500. The van der Waals surface area contributed by atoms with Crippen LogP contribution < -0.4 is 15.4 Å². The van der Waals surface area contributed by atoms with Crippen molar-refractivity contribution in [2.45, 2.75) is 33.2 Å². The van der Waals surface area contributed by atoms with Crippen molar-refractivity contribution in [1.29, 1.82) is 0 Å². The Labute approximate surface area is 126 Å². The maximum absolute atomic E-state index is 12.2. The lowest BCUT2D eigenvalue weighted by atomic mass is 10.0. The van der Waals surface area contributed by atoms with Crippen molar-refractivity contribution >= 4 is 11.8 Å². The second kappa shape index (κ2) is 8.29. The number of methoxy groups -OCH3 is 1. The van der Waals surface area contributed by atoms with Crippen LogP contribution in [0.1, 0.15) is 37.6 Å². The first kappa shape index (κ1) is 17.0. The molecule has 5 nitrogen and oxygen atoms in total. The van der Waals surface area contributed by atoms with Gasteiger partial charge in [0.2, 0.25) is 5.91 Å². The van der Waals surface area contributed by atoms with Crippen LogP contribution in [0.2, 0.25) is 0 Å². The predicted octanol–water partition coefficient (Wildman–Crippen LogP) is 1.98. The van der Waals surface area contributed by atoms with Crippen LogP contribution in [0, 0.1) is 5.92 Å². The number of hydrogen-bond donors (Lipinski definition) is 2.